The molecule has 3 unspecified atom stereocenters. The van der Waals surface area contributed by atoms with Crippen molar-refractivity contribution in [3.63, 3.8) is 0 Å². The zero-order chi connectivity index (χ0) is 10.7. The fraction of sp³-hybridized carbons (Fsp3) is 1.00. The first-order valence-corrected chi connectivity index (χ1v) is 6.60. The molecule has 2 aliphatic rings. The molecule has 2 rings (SSSR count). The van der Waals surface area contributed by atoms with Crippen LogP contribution in [0.4, 0.5) is 0 Å². The highest BCUT2D eigenvalue weighted by atomic mass is 16.5. The van der Waals surface area contributed by atoms with Gasteiger partial charge in [0.25, 0.3) is 0 Å². The van der Waals surface area contributed by atoms with Crippen LogP contribution < -0.4 is 5.32 Å². The minimum absolute atomic E-state index is 0.481. The molecule has 0 aromatic rings. The Morgan fingerprint density at radius 2 is 1.87 bits per heavy atom. The molecule has 1 aliphatic carbocycles. The number of ether oxygens (including phenoxy) is 1. The van der Waals surface area contributed by atoms with Gasteiger partial charge in [0.1, 0.15) is 0 Å². The van der Waals surface area contributed by atoms with Gasteiger partial charge in [-0.2, -0.15) is 0 Å². The van der Waals surface area contributed by atoms with Crippen LogP contribution in [0, 0.1) is 11.8 Å². The molecule has 2 fully saturated rings. The Kier molecular flexibility index (Phi) is 4.04. The van der Waals surface area contributed by atoms with E-state index in [9.17, 15) is 0 Å². The van der Waals surface area contributed by atoms with Crippen molar-refractivity contribution in [2.75, 3.05) is 13.7 Å². The Bertz CT molecular complexity index is 184. The lowest BCUT2D eigenvalue weighted by Gasteiger charge is -2.33. The van der Waals surface area contributed by atoms with Gasteiger partial charge in [0.15, 0.2) is 0 Å². The zero-order valence-electron chi connectivity index (χ0n) is 10.2. The average molecular weight is 211 g/mol. The lowest BCUT2D eigenvalue weighted by atomic mass is 9.78. The Morgan fingerprint density at radius 3 is 2.40 bits per heavy atom. The van der Waals surface area contributed by atoms with Crippen LogP contribution in [0.15, 0.2) is 0 Å². The molecule has 0 spiro atoms. The first-order valence-electron chi connectivity index (χ1n) is 6.60. The topological polar surface area (TPSA) is 21.3 Å². The summed E-state index contributed by atoms with van der Waals surface area (Å²) in [6, 6.07) is 0.704. The molecule has 1 saturated carbocycles. The van der Waals surface area contributed by atoms with Crippen molar-refractivity contribution in [1.82, 2.24) is 5.32 Å². The normalized spacial score (nSPS) is 35.6. The Morgan fingerprint density at radius 1 is 1.13 bits per heavy atom. The molecule has 1 N–H and O–H groups in total. The summed E-state index contributed by atoms with van der Waals surface area (Å²) in [7, 11) is 2.13. The minimum Gasteiger partial charge on any atom is -0.378 e. The molecule has 3 atom stereocenters. The summed E-state index contributed by atoms with van der Waals surface area (Å²) in [5, 5.41) is 3.55. The summed E-state index contributed by atoms with van der Waals surface area (Å²) in [4.78, 5) is 0. The summed E-state index contributed by atoms with van der Waals surface area (Å²) in [6.45, 7) is 3.18. The Balaban J connectivity index is 1.90. The fourth-order valence-corrected chi connectivity index (χ4v) is 3.45. The maximum absolute atomic E-state index is 5.70. The summed E-state index contributed by atoms with van der Waals surface area (Å²) < 4.78 is 5.70. The second kappa shape index (κ2) is 5.31. The molecular formula is C13H25NO. The standard InChI is InChI=1S/C13H25NO/c1-10-8-12(9-15-10)13(14-2)11-6-4-3-5-7-11/h10-14H,3-9H2,1-2H3. The van der Waals surface area contributed by atoms with Gasteiger partial charge in [0, 0.05) is 12.0 Å². The molecule has 15 heavy (non-hydrogen) atoms. The predicted molar refractivity (Wildman–Crippen MR) is 62.9 cm³/mol. The van der Waals surface area contributed by atoms with Gasteiger partial charge in [-0.1, -0.05) is 19.3 Å². The molecular weight excluding hydrogens is 186 g/mol. The van der Waals surface area contributed by atoms with Crippen molar-refractivity contribution in [2.45, 2.75) is 57.6 Å². The summed E-state index contributed by atoms with van der Waals surface area (Å²) >= 11 is 0. The summed E-state index contributed by atoms with van der Waals surface area (Å²) in [6.07, 6.45) is 8.91. The quantitative estimate of drug-likeness (QED) is 0.774. The first kappa shape index (κ1) is 11.4. The van der Waals surface area contributed by atoms with Crippen molar-refractivity contribution in [2.24, 2.45) is 11.8 Å². The molecule has 2 heteroatoms. The van der Waals surface area contributed by atoms with E-state index in [1.54, 1.807) is 0 Å². The maximum atomic E-state index is 5.70. The number of hydrogen-bond acceptors (Lipinski definition) is 2. The molecule has 0 aromatic carbocycles. The van der Waals surface area contributed by atoms with Gasteiger partial charge >= 0.3 is 0 Å². The Hall–Kier alpha value is -0.0800. The second-order valence-corrected chi connectivity index (χ2v) is 5.35. The van der Waals surface area contributed by atoms with Crippen molar-refractivity contribution in [3.8, 4) is 0 Å². The largest absolute Gasteiger partial charge is 0.378 e. The van der Waals surface area contributed by atoms with Gasteiger partial charge in [-0.15, -0.1) is 0 Å². The van der Waals surface area contributed by atoms with E-state index in [2.05, 4.69) is 19.3 Å². The molecule has 0 aromatic heterocycles. The Labute approximate surface area is 93.8 Å². The van der Waals surface area contributed by atoms with Gasteiger partial charge in [-0.05, 0) is 39.2 Å². The lowest BCUT2D eigenvalue weighted by molar-refractivity contribution is 0.111. The van der Waals surface area contributed by atoms with Crippen LogP contribution in [0.3, 0.4) is 0 Å². The molecule has 1 aliphatic heterocycles. The minimum atomic E-state index is 0.481. The number of hydrogen-bond donors (Lipinski definition) is 1. The van der Waals surface area contributed by atoms with E-state index in [-0.39, 0.29) is 0 Å². The molecule has 1 heterocycles. The van der Waals surface area contributed by atoms with Gasteiger partial charge < -0.3 is 10.1 Å². The van der Waals surface area contributed by atoms with E-state index in [4.69, 9.17) is 4.74 Å². The van der Waals surface area contributed by atoms with Crippen LogP contribution in [-0.4, -0.2) is 25.8 Å². The van der Waals surface area contributed by atoms with Crippen molar-refractivity contribution >= 4 is 0 Å². The first-order chi connectivity index (χ1) is 7.31. The zero-order valence-corrected chi connectivity index (χ0v) is 10.2. The number of rotatable bonds is 3. The predicted octanol–water partition coefficient (Wildman–Crippen LogP) is 2.58. The van der Waals surface area contributed by atoms with E-state index in [0.717, 1.165) is 18.4 Å². The van der Waals surface area contributed by atoms with Gasteiger partial charge in [0.05, 0.1) is 12.7 Å². The average Bonchev–Trinajstić information content (AvgIpc) is 2.68. The highest BCUT2D eigenvalue weighted by molar-refractivity contribution is 4.87. The molecule has 0 bridgehead atoms. The lowest BCUT2D eigenvalue weighted by Crippen LogP contribution is -2.41. The third-order valence-electron chi connectivity index (χ3n) is 4.23. The van der Waals surface area contributed by atoms with Crippen molar-refractivity contribution in [3.05, 3.63) is 0 Å². The van der Waals surface area contributed by atoms with E-state index in [0.29, 0.717) is 12.1 Å². The highest BCUT2D eigenvalue weighted by Crippen LogP contribution is 2.33. The van der Waals surface area contributed by atoms with Crippen LogP contribution in [0.1, 0.15) is 45.4 Å². The second-order valence-electron chi connectivity index (χ2n) is 5.35. The van der Waals surface area contributed by atoms with E-state index >= 15 is 0 Å². The van der Waals surface area contributed by atoms with Gasteiger partial charge in [0.2, 0.25) is 0 Å². The van der Waals surface area contributed by atoms with Gasteiger partial charge in [-0.3, -0.25) is 0 Å². The fourth-order valence-electron chi connectivity index (χ4n) is 3.45. The van der Waals surface area contributed by atoms with E-state index < -0.39 is 0 Å². The van der Waals surface area contributed by atoms with Crippen LogP contribution in [-0.2, 0) is 4.74 Å². The molecule has 1 saturated heterocycles. The van der Waals surface area contributed by atoms with E-state index in [1.165, 1.54) is 38.5 Å². The third-order valence-corrected chi connectivity index (χ3v) is 4.23. The van der Waals surface area contributed by atoms with Crippen LogP contribution in [0.25, 0.3) is 0 Å². The number of nitrogens with one attached hydrogen (secondary N) is 1. The molecule has 0 radical (unpaired) electrons. The molecule has 0 amide bonds. The van der Waals surface area contributed by atoms with Crippen molar-refractivity contribution < 1.29 is 4.74 Å². The van der Waals surface area contributed by atoms with Crippen LogP contribution >= 0.6 is 0 Å². The van der Waals surface area contributed by atoms with Crippen LogP contribution in [0.2, 0.25) is 0 Å². The smallest absolute Gasteiger partial charge is 0.0551 e. The molecule has 2 nitrogen and oxygen atoms in total. The van der Waals surface area contributed by atoms with E-state index in [1.807, 2.05) is 0 Å². The summed E-state index contributed by atoms with van der Waals surface area (Å²) in [5.74, 6) is 1.66. The van der Waals surface area contributed by atoms with Gasteiger partial charge in [-0.25, -0.2) is 0 Å². The SMILES string of the molecule is CNC(C1CCCCC1)C1COC(C)C1. The monoisotopic (exact) mass is 211 g/mol. The third kappa shape index (κ3) is 2.73. The summed E-state index contributed by atoms with van der Waals surface area (Å²) in [5.41, 5.74) is 0. The maximum Gasteiger partial charge on any atom is 0.0551 e. The van der Waals surface area contributed by atoms with Crippen LogP contribution in [0.5, 0.6) is 0 Å². The highest BCUT2D eigenvalue weighted by Gasteiger charge is 2.33. The molecule has 88 valence electrons. The van der Waals surface area contributed by atoms with Crippen molar-refractivity contribution in [1.29, 1.82) is 0 Å².